The van der Waals surface area contributed by atoms with Gasteiger partial charge in [-0.05, 0) is 42.8 Å². The summed E-state index contributed by atoms with van der Waals surface area (Å²) in [4.78, 5) is 11.9. The second-order valence-electron chi connectivity index (χ2n) is 4.71. The zero-order valence-corrected chi connectivity index (χ0v) is 14.9. The average molecular weight is 431 g/mol. The van der Waals surface area contributed by atoms with E-state index in [-0.39, 0.29) is 24.3 Å². The van der Waals surface area contributed by atoms with Gasteiger partial charge in [0.1, 0.15) is 0 Å². The Morgan fingerprint density at radius 1 is 1.23 bits per heavy atom. The molecular formula is C16H14Br2FNO2. The van der Waals surface area contributed by atoms with Gasteiger partial charge < -0.3 is 10.1 Å². The fraction of sp³-hybridized carbons (Fsp3) is 0.188. The summed E-state index contributed by atoms with van der Waals surface area (Å²) in [6, 6.07) is 11.9. The van der Waals surface area contributed by atoms with Crippen molar-refractivity contribution in [2.75, 3.05) is 6.61 Å². The second kappa shape index (κ2) is 7.74. The van der Waals surface area contributed by atoms with E-state index >= 15 is 0 Å². The third-order valence-electron chi connectivity index (χ3n) is 2.98. The zero-order valence-electron chi connectivity index (χ0n) is 11.8. The van der Waals surface area contributed by atoms with Crippen LogP contribution in [0.1, 0.15) is 18.5 Å². The average Bonchev–Trinajstić information content (AvgIpc) is 2.46. The van der Waals surface area contributed by atoms with Crippen molar-refractivity contribution in [3.8, 4) is 5.75 Å². The van der Waals surface area contributed by atoms with Gasteiger partial charge in [0.25, 0.3) is 5.91 Å². The van der Waals surface area contributed by atoms with Crippen LogP contribution in [0.15, 0.2) is 51.4 Å². The number of benzene rings is 2. The lowest BCUT2D eigenvalue weighted by Gasteiger charge is -2.15. The largest absolute Gasteiger partial charge is 0.481 e. The Kier molecular flexibility index (Phi) is 5.97. The summed E-state index contributed by atoms with van der Waals surface area (Å²) in [7, 11) is 0. The molecule has 0 fully saturated rings. The first-order valence-electron chi connectivity index (χ1n) is 6.58. The van der Waals surface area contributed by atoms with Gasteiger partial charge in [0.2, 0.25) is 0 Å². The molecule has 1 unspecified atom stereocenters. The molecule has 0 aliphatic carbocycles. The third-order valence-corrected chi connectivity index (χ3v) is 3.97. The van der Waals surface area contributed by atoms with E-state index in [0.29, 0.717) is 4.47 Å². The SMILES string of the molecule is CC(NC(=O)COc1ccc(Br)cc1F)c1cccc(Br)c1. The quantitative estimate of drug-likeness (QED) is 0.752. The van der Waals surface area contributed by atoms with Gasteiger partial charge >= 0.3 is 0 Å². The highest BCUT2D eigenvalue weighted by Gasteiger charge is 2.11. The Morgan fingerprint density at radius 2 is 1.95 bits per heavy atom. The maximum atomic E-state index is 13.6. The first kappa shape index (κ1) is 17.0. The number of nitrogens with one attached hydrogen (secondary N) is 1. The van der Waals surface area contributed by atoms with Crippen molar-refractivity contribution in [3.63, 3.8) is 0 Å². The smallest absolute Gasteiger partial charge is 0.258 e. The number of carbonyl (C=O) groups excluding carboxylic acids is 1. The van der Waals surface area contributed by atoms with E-state index in [1.165, 1.54) is 12.1 Å². The summed E-state index contributed by atoms with van der Waals surface area (Å²) >= 11 is 6.55. The minimum atomic E-state index is -0.512. The first-order chi connectivity index (χ1) is 10.5. The van der Waals surface area contributed by atoms with Crippen LogP contribution in [0.5, 0.6) is 5.75 Å². The van der Waals surface area contributed by atoms with Gasteiger partial charge in [-0.15, -0.1) is 0 Å². The monoisotopic (exact) mass is 429 g/mol. The molecule has 6 heteroatoms. The highest BCUT2D eigenvalue weighted by molar-refractivity contribution is 9.10. The number of hydrogen-bond donors (Lipinski definition) is 1. The van der Waals surface area contributed by atoms with Gasteiger partial charge in [0, 0.05) is 8.95 Å². The first-order valence-corrected chi connectivity index (χ1v) is 8.17. The Bertz CT molecular complexity index is 679. The van der Waals surface area contributed by atoms with Crippen LogP contribution in [-0.4, -0.2) is 12.5 Å². The maximum absolute atomic E-state index is 13.6. The van der Waals surface area contributed by atoms with Crippen LogP contribution < -0.4 is 10.1 Å². The van der Waals surface area contributed by atoms with Crippen molar-refractivity contribution in [3.05, 3.63) is 62.8 Å². The van der Waals surface area contributed by atoms with Crippen LogP contribution in [0.25, 0.3) is 0 Å². The predicted molar refractivity (Wildman–Crippen MR) is 90.3 cm³/mol. The van der Waals surface area contributed by atoms with Gasteiger partial charge in [-0.3, -0.25) is 4.79 Å². The van der Waals surface area contributed by atoms with Gasteiger partial charge in [0.05, 0.1) is 6.04 Å². The summed E-state index contributed by atoms with van der Waals surface area (Å²) in [5.41, 5.74) is 0.970. The van der Waals surface area contributed by atoms with E-state index in [1.807, 2.05) is 31.2 Å². The van der Waals surface area contributed by atoms with Crippen molar-refractivity contribution in [1.29, 1.82) is 0 Å². The third kappa shape index (κ3) is 4.81. The Labute approximate surface area is 145 Å². The van der Waals surface area contributed by atoms with E-state index in [0.717, 1.165) is 10.0 Å². The van der Waals surface area contributed by atoms with Gasteiger partial charge in [-0.1, -0.05) is 44.0 Å². The number of ether oxygens (including phenoxy) is 1. The normalized spacial score (nSPS) is 11.8. The molecule has 1 atom stereocenters. The molecule has 0 saturated heterocycles. The Balaban J connectivity index is 1.90. The van der Waals surface area contributed by atoms with Crippen molar-refractivity contribution in [1.82, 2.24) is 5.32 Å². The minimum Gasteiger partial charge on any atom is -0.481 e. The number of hydrogen-bond acceptors (Lipinski definition) is 2. The highest BCUT2D eigenvalue weighted by atomic mass is 79.9. The topological polar surface area (TPSA) is 38.3 Å². The van der Waals surface area contributed by atoms with Crippen LogP contribution >= 0.6 is 31.9 Å². The lowest BCUT2D eigenvalue weighted by atomic mass is 10.1. The number of amides is 1. The number of carbonyl (C=O) groups is 1. The predicted octanol–water partition coefficient (Wildman–Crippen LogP) is 4.61. The van der Waals surface area contributed by atoms with E-state index in [1.54, 1.807) is 6.07 Å². The lowest BCUT2D eigenvalue weighted by molar-refractivity contribution is -0.123. The van der Waals surface area contributed by atoms with Gasteiger partial charge in [-0.2, -0.15) is 0 Å². The zero-order chi connectivity index (χ0) is 16.1. The molecule has 0 spiro atoms. The summed E-state index contributed by atoms with van der Waals surface area (Å²) in [5.74, 6) is -0.773. The van der Waals surface area contributed by atoms with Crippen LogP contribution in [0.3, 0.4) is 0 Å². The molecule has 2 aromatic carbocycles. The molecule has 116 valence electrons. The van der Waals surface area contributed by atoms with Crippen LogP contribution in [0.2, 0.25) is 0 Å². The molecule has 3 nitrogen and oxygen atoms in total. The second-order valence-corrected chi connectivity index (χ2v) is 6.54. The fourth-order valence-corrected chi connectivity index (χ4v) is 2.63. The molecule has 22 heavy (non-hydrogen) atoms. The van der Waals surface area contributed by atoms with Crippen molar-refractivity contribution in [2.24, 2.45) is 0 Å². The summed E-state index contributed by atoms with van der Waals surface area (Å²) in [6.45, 7) is 1.64. The number of halogens is 3. The molecule has 0 aliphatic rings. The van der Waals surface area contributed by atoms with Crippen molar-refractivity contribution >= 4 is 37.8 Å². The molecular weight excluding hydrogens is 417 g/mol. The lowest BCUT2D eigenvalue weighted by Crippen LogP contribution is -2.31. The molecule has 2 aromatic rings. The minimum absolute atomic E-state index is 0.0495. The summed E-state index contributed by atoms with van der Waals surface area (Å²) in [6.07, 6.45) is 0. The van der Waals surface area contributed by atoms with Crippen LogP contribution in [0.4, 0.5) is 4.39 Å². The molecule has 0 bridgehead atoms. The van der Waals surface area contributed by atoms with Crippen LogP contribution in [0, 0.1) is 5.82 Å². The molecule has 0 aliphatic heterocycles. The molecule has 0 radical (unpaired) electrons. The molecule has 2 rings (SSSR count). The van der Waals surface area contributed by atoms with Crippen LogP contribution in [-0.2, 0) is 4.79 Å². The van der Waals surface area contributed by atoms with E-state index in [2.05, 4.69) is 37.2 Å². The maximum Gasteiger partial charge on any atom is 0.258 e. The van der Waals surface area contributed by atoms with Crippen molar-refractivity contribution < 1.29 is 13.9 Å². The summed E-state index contributed by atoms with van der Waals surface area (Å²) in [5, 5.41) is 2.81. The molecule has 0 heterocycles. The Hall–Kier alpha value is -1.40. The molecule has 1 N–H and O–H groups in total. The molecule has 1 amide bonds. The molecule has 0 saturated carbocycles. The highest BCUT2D eigenvalue weighted by Crippen LogP contribution is 2.21. The van der Waals surface area contributed by atoms with E-state index < -0.39 is 5.82 Å². The fourth-order valence-electron chi connectivity index (χ4n) is 1.88. The van der Waals surface area contributed by atoms with E-state index in [4.69, 9.17) is 4.74 Å². The molecule has 0 aromatic heterocycles. The van der Waals surface area contributed by atoms with Gasteiger partial charge in [-0.25, -0.2) is 4.39 Å². The Morgan fingerprint density at radius 3 is 2.64 bits per heavy atom. The van der Waals surface area contributed by atoms with Gasteiger partial charge in [0.15, 0.2) is 18.2 Å². The number of rotatable bonds is 5. The summed E-state index contributed by atoms with van der Waals surface area (Å²) < 4.78 is 20.3. The standard InChI is InChI=1S/C16H14Br2FNO2/c1-10(11-3-2-4-12(17)7-11)20-16(21)9-22-15-6-5-13(18)8-14(15)19/h2-8,10H,9H2,1H3,(H,20,21). The van der Waals surface area contributed by atoms with E-state index in [9.17, 15) is 9.18 Å². The van der Waals surface area contributed by atoms with Crippen molar-refractivity contribution in [2.45, 2.75) is 13.0 Å².